The van der Waals surface area contributed by atoms with Gasteiger partial charge in [-0.25, -0.2) is 9.59 Å². The lowest BCUT2D eigenvalue weighted by molar-refractivity contribution is -0.147. The zero-order valence-electron chi connectivity index (χ0n) is 14.6. The predicted octanol–water partition coefficient (Wildman–Crippen LogP) is 0.424. The zero-order chi connectivity index (χ0) is 18.1. The number of rotatable bonds is 4. The number of aliphatic hydroxyl groups is 1. The molecular weight excluding hydrogens is 316 g/mol. The molecule has 0 aromatic carbocycles. The zero-order valence-corrected chi connectivity index (χ0v) is 14.6. The Hall–Kier alpha value is -1.83. The number of methoxy groups -OCH3 is 1. The molecule has 1 saturated carbocycles. The van der Waals surface area contributed by atoms with Crippen LogP contribution < -0.4 is 5.32 Å². The van der Waals surface area contributed by atoms with Crippen LogP contribution in [0.2, 0.25) is 0 Å². The van der Waals surface area contributed by atoms with E-state index in [0.717, 1.165) is 19.3 Å². The van der Waals surface area contributed by atoms with E-state index in [1.54, 1.807) is 20.8 Å². The second-order valence-electron chi connectivity index (χ2n) is 7.33. The third kappa shape index (κ3) is 3.80. The van der Waals surface area contributed by atoms with Crippen molar-refractivity contribution in [1.29, 1.82) is 0 Å². The Balaban J connectivity index is 2.12. The summed E-state index contributed by atoms with van der Waals surface area (Å²) in [5, 5.41) is 11.7. The van der Waals surface area contributed by atoms with Crippen molar-refractivity contribution in [3.05, 3.63) is 0 Å². The maximum atomic E-state index is 12.6. The smallest absolute Gasteiger partial charge is 0.411 e. The first kappa shape index (κ1) is 18.5. The summed E-state index contributed by atoms with van der Waals surface area (Å²) in [5.41, 5.74) is -0.653. The van der Waals surface area contributed by atoms with Gasteiger partial charge in [-0.2, -0.15) is 0 Å². The number of aliphatic hydroxyl groups excluding tert-OH is 1. The van der Waals surface area contributed by atoms with E-state index >= 15 is 0 Å². The number of hydrogen-bond donors (Lipinski definition) is 2. The highest BCUT2D eigenvalue weighted by atomic mass is 16.6. The maximum Gasteiger partial charge on any atom is 0.411 e. The first-order valence-electron chi connectivity index (χ1n) is 8.18. The second kappa shape index (κ2) is 6.96. The summed E-state index contributed by atoms with van der Waals surface area (Å²) in [4.78, 5) is 38.2. The number of amides is 2. The van der Waals surface area contributed by atoms with Crippen LogP contribution in [0.25, 0.3) is 0 Å². The normalized spacial score (nSPS) is 26.9. The highest BCUT2D eigenvalue weighted by Gasteiger charge is 2.52. The number of ether oxygens (including phenoxy) is 2. The molecule has 24 heavy (non-hydrogen) atoms. The fourth-order valence-electron chi connectivity index (χ4n) is 3.48. The third-order valence-corrected chi connectivity index (χ3v) is 4.44. The molecule has 4 unspecified atom stereocenters. The summed E-state index contributed by atoms with van der Waals surface area (Å²) in [6.45, 7) is 4.75. The van der Waals surface area contributed by atoms with Gasteiger partial charge in [-0.15, -0.1) is 0 Å². The van der Waals surface area contributed by atoms with E-state index in [1.807, 2.05) is 0 Å². The highest BCUT2D eigenvalue weighted by Crippen LogP contribution is 2.43. The van der Waals surface area contributed by atoms with Crippen LogP contribution in [0.15, 0.2) is 0 Å². The average molecular weight is 342 g/mol. The van der Waals surface area contributed by atoms with E-state index in [-0.39, 0.29) is 12.0 Å². The molecule has 2 N–H and O–H groups in total. The molecule has 136 valence electrons. The summed E-state index contributed by atoms with van der Waals surface area (Å²) in [7, 11) is 1.18. The Morgan fingerprint density at radius 1 is 1.29 bits per heavy atom. The lowest BCUT2D eigenvalue weighted by atomic mass is 9.98. The first-order chi connectivity index (χ1) is 11.2. The van der Waals surface area contributed by atoms with Crippen molar-refractivity contribution < 1.29 is 29.0 Å². The maximum absolute atomic E-state index is 12.6. The summed E-state index contributed by atoms with van der Waals surface area (Å²) in [6.07, 6.45) is 1.92. The molecule has 8 heteroatoms. The number of carbonyl (C=O) groups excluding carboxylic acids is 3. The molecule has 2 fully saturated rings. The number of hydrogen-bond acceptors (Lipinski definition) is 6. The van der Waals surface area contributed by atoms with E-state index in [4.69, 9.17) is 4.74 Å². The molecule has 1 heterocycles. The van der Waals surface area contributed by atoms with Crippen LogP contribution in [0.4, 0.5) is 4.79 Å². The van der Waals surface area contributed by atoms with E-state index in [1.165, 1.54) is 12.0 Å². The number of carbonyl (C=O) groups is 3. The summed E-state index contributed by atoms with van der Waals surface area (Å²) in [5.74, 6) is -1.14. The summed E-state index contributed by atoms with van der Waals surface area (Å²) < 4.78 is 9.97. The van der Waals surface area contributed by atoms with E-state index in [0.29, 0.717) is 0 Å². The molecule has 0 aromatic rings. The molecule has 2 aliphatic rings. The van der Waals surface area contributed by atoms with Gasteiger partial charge in [0.25, 0.3) is 0 Å². The van der Waals surface area contributed by atoms with Crippen molar-refractivity contribution in [3.63, 3.8) is 0 Å². The number of likely N-dealkylation sites (tertiary alicyclic amines) is 1. The summed E-state index contributed by atoms with van der Waals surface area (Å²) in [6, 6.07) is -1.84. The number of esters is 1. The number of nitrogens with one attached hydrogen (secondary N) is 1. The number of piperidine rings is 1. The van der Waals surface area contributed by atoms with Gasteiger partial charge in [-0.1, -0.05) is 0 Å². The molecule has 1 aliphatic heterocycles. The van der Waals surface area contributed by atoms with Crippen molar-refractivity contribution in [2.24, 2.45) is 5.92 Å². The molecular formula is C16H26N2O6. The van der Waals surface area contributed by atoms with Gasteiger partial charge in [-0.3, -0.25) is 9.69 Å². The summed E-state index contributed by atoms with van der Waals surface area (Å²) >= 11 is 0. The number of nitrogens with zero attached hydrogens (tertiary/aromatic N) is 1. The van der Waals surface area contributed by atoms with Gasteiger partial charge in [0, 0.05) is 6.04 Å². The quantitative estimate of drug-likeness (QED) is 0.718. The second-order valence-corrected chi connectivity index (χ2v) is 7.33. The highest BCUT2D eigenvalue weighted by molar-refractivity contribution is 5.90. The Morgan fingerprint density at radius 3 is 2.50 bits per heavy atom. The van der Waals surface area contributed by atoms with Crippen molar-refractivity contribution in [2.45, 2.75) is 63.8 Å². The fraction of sp³-hybridized carbons (Fsp3) is 0.812. The van der Waals surface area contributed by atoms with Crippen LogP contribution in [0.5, 0.6) is 0 Å². The Morgan fingerprint density at radius 2 is 1.96 bits per heavy atom. The van der Waals surface area contributed by atoms with E-state index in [2.05, 4.69) is 10.1 Å². The fourth-order valence-corrected chi connectivity index (χ4v) is 3.48. The minimum absolute atomic E-state index is 0.0219. The van der Waals surface area contributed by atoms with Gasteiger partial charge in [0.05, 0.1) is 13.7 Å². The predicted molar refractivity (Wildman–Crippen MR) is 84.0 cm³/mol. The topological polar surface area (TPSA) is 105 Å². The molecule has 1 saturated heterocycles. The van der Waals surface area contributed by atoms with Crippen LogP contribution in [-0.2, 0) is 19.1 Å². The van der Waals surface area contributed by atoms with Crippen molar-refractivity contribution in [3.8, 4) is 0 Å². The molecule has 0 radical (unpaired) electrons. The molecule has 0 spiro atoms. The minimum Gasteiger partial charge on any atom is -0.467 e. The van der Waals surface area contributed by atoms with Crippen LogP contribution in [0, 0.1) is 5.92 Å². The number of fused-ring (bicyclic) bond motifs is 2. The molecule has 8 nitrogen and oxygen atoms in total. The molecule has 2 bridgehead atoms. The van der Waals surface area contributed by atoms with Gasteiger partial charge in [0.15, 0.2) is 6.04 Å². The van der Waals surface area contributed by atoms with E-state index < -0.39 is 42.3 Å². The van der Waals surface area contributed by atoms with E-state index in [9.17, 15) is 19.5 Å². The average Bonchev–Trinajstić information content (AvgIpc) is 3.10. The van der Waals surface area contributed by atoms with Crippen molar-refractivity contribution in [1.82, 2.24) is 10.2 Å². The Labute approximate surface area is 141 Å². The first-order valence-corrected chi connectivity index (χ1v) is 8.18. The SMILES string of the molecule is COC(=O)C(CO)NC(=O)C1C2CCC(C2)N1C(=O)OC(C)(C)C. The van der Waals surface area contributed by atoms with Crippen molar-refractivity contribution in [2.75, 3.05) is 13.7 Å². The van der Waals surface area contributed by atoms with Gasteiger partial charge < -0.3 is 19.9 Å². The standard InChI is InChI=1S/C16H26N2O6/c1-16(2,3)24-15(22)18-10-6-5-9(7-10)12(18)13(20)17-11(8-19)14(21)23-4/h9-12,19H,5-8H2,1-4H3,(H,17,20). The minimum atomic E-state index is -1.14. The van der Waals surface area contributed by atoms with Gasteiger partial charge >= 0.3 is 12.1 Å². The lowest BCUT2D eigenvalue weighted by Gasteiger charge is -2.36. The lowest BCUT2D eigenvalue weighted by Crippen LogP contribution is -2.57. The van der Waals surface area contributed by atoms with Crippen LogP contribution in [-0.4, -0.2) is 65.4 Å². The van der Waals surface area contributed by atoms with Crippen LogP contribution in [0.3, 0.4) is 0 Å². The molecule has 1 aliphatic carbocycles. The van der Waals surface area contributed by atoms with Gasteiger partial charge in [0.2, 0.25) is 5.91 Å². The Bertz CT molecular complexity index is 515. The largest absolute Gasteiger partial charge is 0.467 e. The molecule has 0 aromatic heterocycles. The molecule has 4 atom stereocenters. The van der Waals surface area contributed by atoms with Gasteiger partial charge in [-0.05, 0) is 46.0 Å². The Kier molecular flexibility index (Phi) is 5.37. The molecule has 2 rings (SSSR count). The van der Waals surface area contributed by atoms with Gasteiger partial charge in [0.1, 0.15) is 11.6 Å². The van der Waals surface area contributed by atoms with Crippen molar-refractivity contribution >= 4 is 18.0 Å². The van der Waals surface area contributed by atoms with Crippen LogP contribution >= 0.6 is 0 Å². The monoisotopic (exact) mass is 342 g/mol. The van der Waals surface area contributed by atoms with Crippen LogP contribution in [0.1, 0.15) is 40.0 Å². The molecule has 2 amide bonds. The third-order valence-electron chi connectivity index (χ3n) is 4.44.